The van der Waals surface area contributed by atoms with Crippen molar-refractivity contribution in [2.45, 2.75) is 13.5 Å². The molecule has 134 valence electrons. The lowest BCUT2D eigenvalue weighted by Crippen LogP contribution is -2.23. The number of likely N-dealkylation sites (N-methyl/N-ethyl adjacent to an activating group) is 1. The van der Waals surface area contributed by atoms with Crippen LogP contribution in [0, 0.1) is 6.92 Å². The summed E-state index contributed by atoms with van der Waals surface area (Å²) in [6.07, 6.45) is 3.20. The van der Waals surface area contributed by atoms with Crippen molar-refractivity contribution in [3.8, 4) is 17.2 Å². The van der Waals surface area contributed by atoms with E-state index in [4.69, 9.17) is 18.6 Å². The molecule has 1 aromatic carbocycles. The van der Waals surface area contributed by atoms with Gasteiger partial charge in [0.2, 0.25) is 11.7 Å². The van der Waals surface area contributed by atoms with Crippen LogP contribution >= 0.6 is 0 Å². The van der Waals surface area contributed by atoms with Crippen LogP contribution in [0.4, 0.5) is 0 Å². The molecular weight excluding hydrogens is 322 g/mol. The molecule has 0 aliphatic carbocycles. The molecule has 2 rings (SSSR count). The van der Waals surface area contributed by atoms with E-state index in [0.717, 1.165) is 17.1 Å². The fourth-order valence-corrected chi connectivity index (χ4v) is 2.37. The molecule has 0 aliphatic rings. The van der Waals surface area contributed by atoms with Gasteiger partial charge in [0.15, 0.2) is 11.5 Å². The Balaban J connectivity index is 2.13. The lowest BCUT2D eigenvalue weighted by Gasteiger charge is -2.14. The number of hydrogen-bond acceptors (Lipinski definition) is 5. The van der Waals surface area contributed by atoms with Gasteiger partial charge in [0.05, 0.1) is 27.9 Å². The Kier molecular flexibility index (Phi) is 6.11. The standard InChI is InChI=1S/C19H23NO5/c1-13-6-8-15(25-13)12-20(2)18(21)9-7-14-10-16(22-3)19(24-5)17(11-14)23-4/h6-11H,12H2,1-5H3/b9-7+. The summed E-state index contributed by atoms with van der Waals surface area (Å²) < 4.78 is 21.4. The zero-order chi connectivity index (χ0) is 18.4. The van der Waals surface area contributed by atoms with Crippen molar-refractivity contribution < 1.29 is 23.4 Å². The van der Waals surface area contributed by atoms with Crippen LogP contribution in [0.5, 0.6) is 17.2 Å². The highest BCUT2D eigenvalue weighted by molar-refractivity contribution is 5.91. The van der Waals surface area contributed by atoms with Crippen molar-refractivity contribution in [1.29, 1.82) is 0 Å². The summed E-state index contributed by atoms with van der Waals surface area (Å²) in [4.78, 5) is 13.8. The van der Waals surface area contributed by atoms with Crippen LogP contribution in [-0.4, -0.2) is 39.2 Å². The number of rotatable bonds is 7. The van der Waals surface area contributed by atoms with Crippen molar-refractivity contribution in [2.75, 3.05) is 28.4 Å². The van der Waals surface area contributed by atoms with Crippen molar-refractivity contribution in [1.82, 2.24) is 4.90 Å². The summed E-state index contributed by atoms with van der Waals surface area (Å²) in [5.74, 6) is 3.02. The first-order valence-electron chi connectivity index (χ1n) is 7.77. The molecule has 2 aromatic rings. The van der Waals surface area contributed by atoms with E-state index in [-0.39, 0.29) is 5.91 Å². The van der Waals surface area contributed by atoms with Gasteiger partial charge in [-0.25, -0.2) is 0 Å². The molecule has 0 bridgehead atoms. The molecule has 0 saturated heterocycles. The third-order valence-electron chi connectivity index (χ3n) is 3.67. The fraction of sp³-hybridized carbons (Fsp3) is 0.316. The first-order valence-corrected chi connectivity index (χ1v) is 7.77. The van der Waals surface area contributed by atoms with Gasteiger partial charge in [0.1, 0.15) is 11.5 Å². The van der Waals surface area contributed by atoms with Gasteiger partial charge in [-0.3, -0.25) is 4.79 Å². The van der Waals surface area contributed by atoms with Gasteiger partial charge >= 0.3 is 0 Å². The Morgan fingerprint density at radius 1 is 1.12 bits per heavy atom. The minimum absolute atomic E-state index is 0.136. The van der Waals surface area contributed by atoms with Crippen LogP contribution in [0.1, 0.15) is 17.1 Å². The molecule has 25 heavy (non-hydrogen) atoms. The maximum absolute atomic E-state index is 12.3. The van der Waals surface area contributed by atoms with Crippen LogP contribution in [-0.2, 0) is 11.3 Å². The Morgan fingerprint density at radius 3 is 2.24 bits per heavy atom. The number of aryl methyl sites for hydroxylation is 1. The lowest BCUT2D eigenvalue weighted by molar-refractivity contribution is -0.125. The van der Waals surface area contributed by atoms with E-state index in [2.05, 4.69) is 0 Å². The first-order chi connectivity index (χ1) is 12.0. The highest BCUT2D eigenvalue weighted by atomic mass is 16.5. The van der Waals surface area contributed by atoms with Crippen molar-refractivity contribution >= 4 is 12.0 Å². The van der Waals surface area contributed by atoms with E-state index >= 15 is 0 Å². The Bertz CT molecular complexity index is 738. The SMILES string of the molecule is COc1cc(/C=C/C(=O)N(C)Cc2ccc(C)o2)cc(OC)c1OC. The number of hydrogen-bond donors (Lipinski definition) is 0. The monoisotopic (exact) mass is 345 g/mol. The first kappa shape index (κ1) is 18.4. The number of carbonyl (C=O) groups is 1. The molecule has 0 saturated carbocycles. The summed E-state index contributed by atoms with van der Waals surface area (Å²) >= 11 is 0. The smallest absolute Gasteiger partial charge is 0.246 e. The van der Waals surface area contributed by atoms with Gasteiger partial charge in [0, 0.05) is 13.1 Å². The van der Waals surface area contributed by atoms with Gasteiger partial charge in [-0.2, -0.15) is 0 Å². The predicted octanol–water partition coefficient (Wildman–Crippen LogP) is 3.29. The molecule has 0 spiro atoms. The zero-order valence-electron chi connectivity index (χ0n) is 15.2. The van der Waals surface area contributed by atoms with Crippen molar-refractivity contribution in [3.63, 3.8) is 0 Å². The molecule has 0 fully saturated rings. The molecule has 1 heterocycles. The highest BCUT2D eigenvalue weighted by Gasteiger charge is 2.13. The van der Waals surface area contributed by atoms with E-state index in [1.807, 2.05) is 19.1 Å². The van der Waals surface area contributed by atoms with E-state index in [1.54, 1.807) is 51.5 Å². The summed E-state index contributed by atoms with van der Waals surface area (Å²) in [7, 11) is 6.37. The van der Waals surface area contributed by atoms with Crippen LogP contribution in [0.25, 0.3) is 6.08 Å². The van der Waals surface area contributed by atoms with E-state index < -0.39 is 0 Å². The third-order valence-corrected chi connectivity index (χ3v) is 3.67. The fourth-order valence-electron chi connectivity index (χ4n) is 2.37. The quantitative estimate of drug-likeness (QED) is 0.721. The second-order valence-electron chi connectivity index (χ2n) is 5.50. The molecule has 0 radical (unpaired) electrons. The maximum atomic E-state index is 12.3. The Hall–Kier alpha value is -2.89. The molecule has 0 atom stereocenters. The number of nitrogens with zero attached hydrogens (tertiary/aromatic N) is 1. The average molecular weight is 345 g/mol. The predicted molar refractivity (Wildman–Crippen MR) is 95.1 cm³/mol. The van der Waals surface area contributed by atoms with Crippen LogP contribution in [0.15, 0.2) is 34.8 Å². The third kappa shape index (κ3) is 4.56. The van der Waals surface area contributed by atoms with Gasteiger partial charge in [0.25, 0.3) is 0 Å². The molecule has 6 heteroatoms. The van der Waals surface area contributed by atoms with E-state index in [0.29, 0.717) is 23.8 Å². The van der Waals surface area contributed by atoms with Gasteiger partial charge in [-0.1, -0.05) is 0 Å². The number of benzene rings is 1. The number of amides is 1. The summed E-state index contributed by atoms with van der Waals surface area (Å²) in [6.45, 7) is 2.28. The van der Waals surface area contributed by atoms with Gasteiger partial charge in [-0.05, 0) is 42.8 Å². The molecular formula is C19H23NO5. The molecule has 6 nitrogen and oxygen atoms in total. The Labute approximate surface area is 147 Å². The molecule has 0 aliphatic heterocycles. The van der Waals surface area contributed by atoms with Gasteiger partial charge < -0.3 is 23.5 Å². The summed E-state index contributed by atoms with van der Waals surface area (Å²) in [5.41, 5.74) is 0.769. The highest BCUT2D eigenvalue weighted by Crippen LogP contribution is 2.38. The minimum Gasteiger partial charge on any atom is -0.493 e. The van der Waals surface area contributed by atoms with Crippen LogP contribution in [0.2, 0.25) is 0 Å². The topological polar surface area (TPSA) is 61.1 Å². The normalized spacial score (nSPS) is 10.8. The summed E-state index contributed by atoms with van der Waals surface area (Å²) in [5, 5.41) is 0. The van der Waals surface area contributed by atoms with Crippen molar-refractivity contribution in [2.24, 2.45) is 0 Å². The maximum Gasteiger partial charge on any atom is 0.246 e. The Morgan fingerprint density at radius 2 is 1.76 bits per heavy atom. The molecule has 0 unspecified atom stereocenters. The van der Waals surface area contributed by atoms with Crippen LogP contribution in [0.3, 0.4) is 0 Å². The number of carbonyl (C=O) groups excluding carboxylic acids is 1. The van der Waals surface area contributed by atoms with Gasteiger partial charge in [-0.15, -0.1) is 0 Å². The lowest BCUT2D eigenvalue weighted by atomic mass is 10.1. The second-order valence-corrected chi connectivity index (χ2v) is 5.50. The van der Waals surface area contributed by atoms with E-state index in [1.165, 1.54) is 6.08 Å². The number of methoxy groups -OCH3 is 3. The molecule has 1 aromatic heterocycles. The number of ether oxygens (including phenoxy) is 3. The average Bonchev–Trinajstić information content (AvgIpc) is 3.03. The van der Waals surface area contributed by atoms with Crippen molar-refractivity contribution in [3.05, 3.63) is 47.4 Å². The van der Waals surface area contributed by atoms with E-state index in [9.17, 15) is 4.79 Å². The number of furan rings is 1. The zero-order valence-corrected chi connectivity index (χ0v) is 15.2. The molecule has 1 amide bonds. The molecule has 0 N–H and O–H groups in total. The second kappa shape index (κ2) is 8.28. The van der Waals surface area contributed by atoms with Crippen LogP contribution < -0.4 is 14.2 Å². The minimum atomic E-state index is -0.136. The summed E-state index contributed by atoms with van der Waals surface area (Å²) in [6, 6.07) is 7.30. The largest absolute Gasteiger partial charge is 0.493 e.